The third-order valence-electron chi connectivity index (χ3n) is 4.34. The van der Waals surface area contributed by atoms with E-state index in [1.807, 2.05) is 30.3 Å². The molecule has 0 saturated carbocycles. The number of carbonyl (C=O) groups excluding carboxylic acids is 1. The maximum absolute atomic E-state index is 13.3. The van der Waals surface area contributed by atoms with E-state index < -0.39 is 22.5 Å². The monoisotopic (exact) mass is 509 g/mol. The van der Waals surface area contributed by atoms with Crippen LogP contribution in [0.15, 0.2) is 82.8 Å². The van der Waals surface area contributed by atoms with Gasteiger partial charge in [0.2, 0.25) is 10.0 Å². The zero-order chi connectivity index (χ0) is 23.1. The molecular weight excluding hydrogens is 493 g/mol. The molecule has 6 nitrogen and oxygen atoms in total. The fraction of sp³-hybridized carbons (Fsp3) is 0.0909. The van der Waals surface area contributed by atoms with Gasteiger partial charge >= 0.3 is 0 Å². The molecule has 3 aromatic rings. The number of hydrogen-bond acceptors (Lipinski definition) is 4. The lowest BCUT2D eigenvalue weighted by Gasteiger charge is -2.22. The van der Waals surface area contributed by atoms with Crippen LogP contribution in [0.5, 0.6) is 0 Å². The first-order valence-electron chi connectivity index (χ1n) is 9.32. The van der Waals surface area contributed by atoms with Gasteiger partial charge in [0.15, 0.2) is 0 Å². The van der Waals surface area contributed by atoms with Crippen LogP contribution in [0.1, 0.15) is 11.1 Å². The van der Waals surface area contributed by atoms with Crippen molar-refractivity contribution < 1.29 is 13.2 Å². The van der Waals surface area contributed by atoms with Crippen molar-refractivity contribution in [3.8, 4) is 0 Å². The lowest BCUT2D eigenvalue weighted by Crippen LogP contribution is -2.39. The Bertz CT molecular complexity index is 1220. The molecule has 0 fully saturated rings. The van der Waals surface area contributed by atoms with Crippen molar-refractivity contribution in [2.45, 2.75) is 11.4 Å². The SMILES string of the molecule is O=C(CN(Cc1ccc(Cl)cc1Cl)S(=O)(=O)c1ccc(Cl)cc1)N/N=C\c1ccccc1. The smallest absolute Gasteiger partial charge is 0.255 e. The van der Waals surface area contributed by atoms with E-state index in [0.717, 1.165) is 9.87 Å². The van der Waals surface area contributed by atoms with Crippen molar-refractivity contribution in [1.29, 1.82) is 0 Å². The van der Waals surface area contributed by atoms with Crippen LogP contribution in [0.3, 0.4) is 0 Å². The number of halogens is 3. The summed E-state index contributed by atoms with van der Waals surface area (Å²) >= 11 is 18.0. The molecule has 0 aliphatic rings. The van der Waals surface area contributed by atoms with Gasteiger partial charge in [0.25, 0.3) is 5.91 Å². The van der Waals surface area contributed by atoms with Crippen LogP contribution in [0, 0.1) is 0 Å². The molecule has 0 saturated heterocycles. The summed E-state index contributed by atoms with van der Waals surface area (Å²) in [6.45, 7) is -0.618. The van der Waals surface area contributed by atoms with Gasteiger partial charge in [-0.05, 0) is 47.5 Å². The topological polar surface area (TPSA) is 78.8 Å². The molecule has 1 amide bonds. The number of sulfonamides is 1. The number of benzene rings is 3. The number of rotatable bonds is 8. The Morgan fingerprint density at radius 2 is 1.59 bits per heavy atom. The quantitative estimate of drug-likeness (QED) is 0.343. The van der Waals surface area contributed by atoms with E-state index >= 15 is 0 Å². The number of nitrogens with one attached hydrogen (secondary N) is 1. The van der Waals surface area contributed by atoms with Crippen LogP contribution in [-0.4, -0.2) is 31.4 Å². The summed E-state index contributed by atoms with van der Waals surface area (Å²) in [5.41, 5.74) is 3.63. The van der Waals surface area contributed by atoms with Gasteiger partial charge in [-0.15, -0.1) is 0 Å². The van der Waals surface area contributed by atoms with Crippen molar-refractivity contribution in [2.24, 2.45) is 5.10 Å². The molecule has 0 aliphatic heterocycles. The first-order valence-corrected chi connectivity index (χ1v) is 11.9. The molecule has 0 aromatic heterocycles. The average molecular weight is 511 g/mol. The lowest BCUT2D eigenvalue weighted by molar-refractivity contribution is -0.121. The number of nitrogens with zero attached hydrogens (tertiary/aromatic N) is 2. The van der Waals surface area contributed by atoms with E-state index in [2.05, 4.69) is 10.5 Å². The molecule has 0 aliphatic carbocycles. The molecule has 0 unspecified atom stereocenters. The van der Waals surface area contributed by atoms with Crippen LogP contribution in [0.25, 0.3) is 0 Å². The van der Waals surface area contributed by atoms with E-state index in [9.17, 15) is 13.2 Å². The first kappa shape index (κ1) is 24.2. The Labute approximate surface area is 201 Å². The Kier molecular flexibility index (Phi) is 8.28. The van der Waals surface area contributed by atoms with Gasteiger partial charge in [-0.1, -0.05) is 71.2 Å². The molecular formula is C22H18Cl3N3O3S. The van der Waals surface area contributed by atoms with Crippen LogP contribution < -0.4 is 5.43 Å². The van der Waals surface area contributed by atoms with Crippen molar-refractivity contribution in [2.75, 3.05) is 6.54 Å². The zero-order valence-corrected chi connectivity index (χ0v) is 19.7. The summed E-state index contributed by atoms with van der Waals surface area (Å²) < 4.78 is 27.5. The molecule has 3 rings (SSSR count). The third-order valence-corrected chi connectivity index (χ3v) is 6.98. The van der Waals surface area contributed by atoms with Gasteiger partial charge in [-0.25, -0.2) is 13.8 Å². The van der Waals surface area contributed by atoms with Gasteiger partial charge in [0, 0.05) is 21.6 Å². The molecule has 0 radical (unpaired) electrons. The highest BCUT2D eigenvalue weighted by Crippen LogP contribution is 2.25. The van der Waals surface area contributed by atoms with Gasteiger partial charge in [-0.3, -0.25) is 4.79 Å². The van der Waals surface area contributed by atoms with Crippen molar-refractivity contribution in [3.63, 3.8) is 0 Å². The Balaban J connectivity index is 1.83. The van der Waals surface area contributed by atoms with Crippen molar-refractivity contribution in [3.05, 3.63) is 99.0 Å². The summed E-state index contributed by atoms with van der Waals surface area (Å²) in [6, 6.07) is 19.6. The Morgan fingerprint density at radius 3 is 2.25 bits per heavy atom. The highest BCUT2D eigenvalue weighted by Gasteiger charge is 2.27. The summed E-state index contributed by atoms with van der Waals surface area (Å²) in [6.07, 6.45) is 1.46. The normalized spacial score (nSPS) is 11.8. The van der Waals surface area contributed by atoms with E-state index in [1.54, 1.807) is 12.1 Å². The number of amides is 1. The van der Waals surface area contributed by atoms with Crippen LogP contribution in [0.4, 0.5) is 0 Å². The second-order valence-electron chi connectivity index (χ2n) is 6.67. The minimum atomic E-state index is -4.04. The van der Waals surface area contributed by atoms with Gasteiger partial charge in [0.1, 0.15) is 0 Å². The molecule has 32 heavy (non-hydrogen) atoms. The fourth-order valence-corrected chi connectivity index (χ4v) is 4.70. The molecule has 3 aromatic carbocycles. The summed E-state index contributed by atoms with van der Waals surface area (Å²) in [4.78, 5) is 12.5. The summed E-state index contributed by atoms with van der Waals surface area (Å²) in [7, 11) is -4.04. The van der Waals surface area contributed by atoms with Crippen molar-refractivity contribution >= 4 is 56.9 Å². The van der Waals surface area contributed by atoms with E-state index in [4.69, 9.17) is 34.8 Å². The van der Waals surface area contributed by atoms with Crippen LogP contribution >= 0.6 is 34.8 Å². The predicted octanol–water partition coefficient (Wildman–Crippen LogP) is 4.99. The Hall–Kier alpha value is -2.42. The molecule has 0 heterocycles. The maximum atomic E-state index is 13.3. The molecule has 166 valence electrons. The minimum Gasteiger partial charge on any atom is -0.272 e. The third kappa shape index (κ3) is 6.54. The van der Waals surface area contributed by atoms with E-state index in [-0.39, 0.29) is 16.5 Å². The lowest BCUT2D eigenvalue weighted by atomic mass is 10.2. The number of hydrogen-bond donors (Lipinski definition) is 1. The largest absolute Gasteiger partial charge is 0.272 e. The average Bonchev–Trinajstić information content (AvgIpc) is 2.76. The number of carbonyl (C=O) groups is 1. The fourth-order valence-electron chi connectivity index (χ4n) is 2.73. The highest BCUT2D eigenvalue weighted by molar-refractivity contribution is 7.89. The molecule has 0 spiro atoms. The molecule has 10 heteroatoms. The van der Waals surface area contributed by atoms with Gasteiger partial charge < -0.3 is 0 Å². The summed E-state index contributed by atoms with van der Waals surface area (Å²) in [5.74, 6) is -0.611. The molecule has 0 atom stereocenters. The van der Waals surface area contributed by atoms with E-state index in [1.165, 1.54) is 36.5 Å². The second kappa shape index (κ2) is 10.9. The van der Waals surface area contributed by atoms with Crippen molar-refractivity contribution in [1.82, 2.24) is 9.73 Å². The van der Waals surface area contributed by atoms with Crippen LogP contribution in [0.2, 0.25) is 15.1 Å². The minimum absolute atomic E-state index is 0.00688. The summed E-state index contributed by atoms with van der Waals surface area (Å²) in [5, 5.41) is 4.99. The molecule has 1 N–H and O–H groups in total. The van der Waals surface area contributed by atoms with Gasteiger partial charge in [0.05, 0.1) is 17.7 Å². The molecule has 0 bridgehead atoms. The second-order valence-corrected chi connectivity index (χ2v) is 9.88. The Morgan fingerprint density at radius 1 is 0.938 bits per heavy atom. The van der Waals surface area contributed by atoms with E-state index in [0.29, 0.717) is 15.6 Å². The maximum Gasteiger partial charge on any atom is 0.255 e. The van der Waals surface area contributed by atoms with Crippen LogP contribution in [-0.2, 0) is 21.4 Å². The zero-order valence-electron chi connectivity index (χ0n) is 16.6. The first-order chi connectivity index (χ1) is 15.3. The standard InChI is InChI=1S/C22H18Cl3N3O3S/c23-18-8-10-20(11-9-18)32(30,31)28(14-17-6-7-19(24)12-21(17)25)15-22(29)27-26-13-16-4-2-1-3-5-16/h1-13H,14-15H2,(H,27,29)/b26-13-. The predicted molar refractivity (Wildman–Crippen MR) is 128 cm³/mol. The number of hydrazone groups is 1. The van der Waals surface area contributed by atoms with Gasteiger partial charge in [-0.2, -0.15) is 9.41 Å². The highest BCUT2D eigenvalue weighted by atomic mass is 35.5.